The number of fused-ring (bicyclic) bond motifs is 3. The number of nitrogens with zero attached hydrogens (tertiary/aromatic N) is 7. The van der Waals surface area contributed by atoms with Gasteiger partial charge in [0.15, 0.2) is 33.5 Å². The number of rotatable bonds is 7. The maximum absolute atomic E-state index is 16.2. The van der Waals surface area contributed by atoms with Crippen LogP contribution in [0.2, 0.25) is 0 Å². The van der Waals surface area contributed by atoms with E-state index in [9.17, 15) is 4.79 Å². The number of piperazine rings is 1. The summed E-state index contributed by atoms with van der Waals surface area (Å²) in [6, 6.07) is 18.3. The Bertz CT molecular complexity index is 2320. The van der Waals surface area contributed by atoms with Gasteiger partial charge in [0.25, 0.3) is 0 Å². The number of aryl methyl sites for hydroxylation is 1. The fourth-order valence-corrected chi connectivity index (χ4v) is 7.38. The molecule has 16 heteroatoms. The third kappa shape index (κ3) is 4.97. The minimum atomic E-state index is -4.16. The molecule has 0 bridgehead atoms. The quantitative estimate of drug-likeness (QED) is 0.187. The number of nitrogens with one attached hydrogen (secondary N) is 2. The molecule has 0 saturated carbocycles. The topological polar surface area (TPSA) is 112 Å². The van der Waals surface area contributed by atoms with Crippen LogP contribution in [0.1, 0.15) is 23.5 Å². The van der Waals surface area contributed by atoms with E-state index in [2.05, 4.69) is 20.1 Å². The van der Waals surface area contributed by atoms with Crippen LogP contribution in [0.15, 0.2) is 84.7 Å². The van der Waals surface area contributed by atoms with Crippen LogP contribution in [0.25, 0.3) is 23.3 Å². The highest BCUT2D eigenvalue weighted by atomic mass is 32.1. The minimum absolute atomic E-state index is 0.0643. The number of pyridine rings is 1. The van der Waals surface area contributed by atoms with Gasteiger partial charge < -0.3 is 41.9 Å². The average molecular weight is 694 g/mol. The van der Waals surface area contributed by atoms with Crippen molar-refractivity contribution in [1.82, 2.24) is 34.1 Å². The summed E-state index contributed by atoms with van der Waals surface area (Å²) < 4.78 is 47.8. The minimum Gasteiger partial charge on any atom is -0.454 e. The Kier molecular flexibility index (Phi) is 7.08. The van der Waals surface area contributed by atoms with Crippen LogP contribution in [-0.2, 0) is 11.2 Å². The molecule has 0 spiro atoms. The van der Waals surface area contributed by atoms with E-state index in [4.69, 9.17) is 26.7 Å². The summed E-state index contributed by atoms with van der Waals surface area (Å²) in [6.07, 6.45) is 7.24. The van der Waals surface area contributed by atoms with Gasteiger partial charge in [-0.15, -0.1) is 0 Å². The molecule has 0 aliphatic carbocycles. The summed E-state index contributed by atoms with van der Waals surface area (Å²) in [7, 11) is 0. The van der Waals surface area contributed by atoms with Crippen LogP contribution in [0.5, 0.6) is 11.5 Å². The second-order valence-electron chi connectivity index (χ2n) is 12.4. The number of anilines is 1. The summed E-state index contributed by atoms with van der Waals surface area (Å²) in [5, 5.41) is 7.34. The molecule has 5 aromatic rings. The van der Waals surface area contributed by atoms with Crippen molar-refractivity contribution in [2.75, 3.05) is 37.9 Å². The fraction of sp³-hybridized carbons (Fsp3) is 0.206. The molecule has 4 aliphatic rings. The van der Waals surface area contributed by atoms with Gasteiger partial charge in [-0.05, 0) is 72.9 Å². The number of aromatic amines is 2. The number of hydrogen-bond donors (Lipinski definition) is 2. The Morgan fingerprint density at radius 3 is 2.70 bits per heavy atom. The molecular formula is C34H30BF2N9O3S. The van der Waals surface area contributed by atoms with E-state index >= 15 is 8.63 Å². The summed E-state index contributed by atoms with van der Waals surface area (Å²) in [4.78, 5) is 25.2. The van der Waals surface area contributed by atoms with Gasteiger partial charge in [-0.3, -0.25) is 14.5 Å². The molecule has 0 unspecified atom stereocenters. The van der Waals surface area contributed by atoms with Gasteiger partial charge in [0.1, 0.15) is 17.2 Å². The number of benzene rings is 1. The maximum Gasteiger partial charge on any atom is 0.737 e. The number of aromatic nitrogens is 6. The van der Waals surface area contributed by atoms with Crippen LogP contribution in [0, 0.1) is 4.77 Å². The average Bonchev–Trinajstić information content (AvgIpc) is 3.97. The van der Waals surface area contributed by atoms with Gasteiger partial charge in [0.05, 0.1) is 5.69 Å². The van der Waals surface area contributed by atoms with Crippen molar-refractivity contribution in [2.45, 2.75) is 12.8 Å². The summed E-state index contributed by atoms with van der Waals surface area (Å²) in [5.41, 5.74) is 3.75. The van der Waals surface area contributed by atoms with Crippen molar-refractivity contribution in [3.05, 3.63) is 107 Å². The summed E-state index contributed by atoms with van der Waals surface area (Å²) in [6.45, 7) is -1.86. The zero-order valence-electron chi connectivity index (χ0n) is 26.6. The first kappa shape index (κ1) is 30.3. The number of halogens is 2. The zero-order chi connectivity index (χ0) is 34.0. The van der Waals surface area contributed by atoms with Crippen LogP contribution in [0.3, 0.4) is 0 Å². The largest absolute Gasteiger partial charge is 0.737 e. The molecule has 50 heavy (non-hydrogen) atoms. The van der Waals surface area contributed by atoms with E-state index in [-0.39, 0.29) is 25.5 Å². The van der Waals surface area contributed by atoms with Gasteiger partial charge >= 0.3 is 6.97 Å². The molecule has 2 N–H and O–H groups in total. The lowest BCUT2D eigenvalue weighted by Crippen LogP contribution is -2.51. The van der Waals surface area contributed by atoms with E-state index in [0.717, 1.165) is 20.5 Å². The van der Waals surface area contributed by atoms with Crippen molar-refractivity contribution in [3.63, 3.8) is 0 Å². The lowest BCUT2D eigenvalue weighted by molar-refractivity contribution is -0.360. The fourth-order valence-electron chi connectivity index (χ4n) is 7.15. The molecule has 4 aliphatic heterocycles. The van der Waals surface area contributed by atoms with E-state index in [1.165, 1.54) is 0 Å². The molecule has 252 valence electrons. The van der Waals surface area contributed by atoms with Crippen LogP contribution in [0.4, 0.5) is 14.4 Å². The lowest BCUT2D eigenvalue weighted by atomic mass is 9.90. The molecule has 1 saturated heterocycles. The monoisotopic (exact) mass is 693 g/mol. The van der Waals surface area contributed by atoms with Crippen LogP contribution < -0.4 is 14.4 Å². The molecule has 9 rings (SSSR count). The summed E-state index contributed by atoms with van der Waals surface area (Å²) in [5.74, 6) is 2.55. The lowest BCUT2D eigenvalue weighted by Gasteiger charge is -2.35. The van der Waals surface area contributed by atoms with Crippen LogP contribution in [-0.4, -0.2) is 90.2 Å². The maximum atomic E-state index is 16.2. The molecule has 0 radical (unpaired) electrons. The van der Waals surface area contributed by atoms with Crippen molar-refractivity contribution in [1.29, 1.82) is 0 Å². The van der Waals surface area contributed by atoms with Crippen molar-refractivity contribution >= 4 is 42.7 Å². The second kappa shape index (κ2) is 11.7. The van der Waals surface area contributed by atoms with Crippen molar-refractivity contribution in [2.24, 2.45) is 0 Å². The Morgan fingerprint density at radius 2 is 1.86 bits per heavy atom. The Balaban J connectivity index is 0.870. The highest BCUT2D eigenvalue weighted by Crippen LogP contribution is 2.36. The third-order valence-corrected chi connectivity index (χ3v) is 9.85. The number of ether oxygens (including phenoxy) is 2. The first-order valence-corrected chi connectivity index (χ1v) is 16.8. The third-order valence-electron chi connectivity index (χ3n) is 9.58. The molecule has 0 atom stereocenters. The molecule has 1 amide bonds. The number of allylic oxidation sites excluding steroid dienone is 2. The number of hydrogen-bond acceptors (Lipinski definition) is 7. The molecule has 12 nitrogen and oxygen atoms in total. The molecule has 1 aromatic carbocycles. The number of H-pyrrole nitrogens is 2. The Morgan fingerprint density at radius 1 is 1.00 bits per heavy atom. The Labute approximate surface area is 289 Å². The second-order valence-corrected chi connectivity index (χ2v) is 12.8. The summed E-state index contributed by atoms with van der Waals surface area (Å²) >= 11 is 5.55. The van der Waals surface area contributed by atoms with E-state index in [1.54, 1.807) is 58.2 Å². The van der Waals surface area contributed by atoms with Gasteiger partial charge in [-0.2, -0.15) is 5.10 Å². The first-order valence-electron chi connectivity index (χ1n) is 16.4. The van der Waals surface area contributed by atoms with Gasteiger partial charge in [-0.1, -0.05) is 6.07 Å². The first-order chi connectivity index (χ1) is 24.3. The Hall–Kier alpha value is -5.77. The highest BCUT2D eigenvalue weighted by molar-refractivity contribution is 7.71. The van der Waals surface area contributed by atoms with Gasteiger partial charge in [-0.25, -0.2) is 4.98 Å². The standard InChI is InChI=1S/C34H30BF2N9O3S/c36-35(37)45-22(6-7-24(45)19-25-8-11-28(46(25)35)26-4-2-14-38-26)10-13-32(47)43-17-15-42(16-18-43)31-5-1-3-27(39-31)33-40-41-34(50)44(33)23-9-12-29-30(20-23)49-21-48-29/h1-9,11-12,14,19-20,38H,10,13,15-18,21H2,(H,41,50). The number of carbonyl (C=O) groups is 1. The smallest absolute Gasteiger partial charge is 0.454 e. The number of amides is 1. The van der Waals surface area contributed by atoms with Crippen molar-refractivity contribution < 1.29 is 27.4 Å². The van der Waals surface area contributed by atoms with Crippen molar-refractivity contribution in [3.8, 4) is 28.7 Å². The zero-order valence-corrected chi connectivity index (χ0v) is 27.4. The SMILES string of the molecule is O=C(CCc1ccc2n1[B-](F)(F)[N+]1=C(c3ccc[nH]3)C=CC1=C2)N1CCN(c2cccc(-c3n[nH]c(=S)n3-c3ccc4c(c3)OCO4)n2)CC1. The normalized spacial score (nSPS) is 17.3. The molecule has 4 aromatic heterocycles. The van der Waals surface area contributed by atoms with E-state index < -0.39 is 6.97 Å². The predicted octanol–water partition coefficient (Wildman–Crippen LogP) is 4.78. The molecule has 1 fully saturated rings. The van der Waals surface area contributed by atoms with E-state index in [1.807, 2.05) is 36.4 Å². The van der Waals surface area contributed by atoms with Crippen LogP contribution >= 0.6 is 12.2 Å². The van der Waals surface area contributed by atoms with Gasteiger partial charge in [0.2, 0.25) is 12.7 Å². The highest BCUT2D eigenvalue weighted by Gasteiger charge is 2.52. The molecule has 8 heterocycles. The van der Waals surface area contributed by atoms with E-state index in [0.29, 0.717) is 82.5 Å². The number of carbonyl (C=O) groups excluding carboxylic acids is 1. The van der Waals surface area contributed by atoms with Gasteiger partial charge in [0, 0.05) is 68.8 Å². The molecular weight excluding hydrogens is 663 g/mol. The predicted molar refractivity (Wildman–Crippen MR) is 185 cm³/mol.